The quantitative estimate of drug-likeness (QED) is 0.852. The third kappa shape index (κ3) is 3.39. The van der Waals surface area contributed by atoms with E-state index in [0.29, 0.717) is 37.3 Å². The summed E-state index contributed by atoms with van der Waals surface area (Å²) in [6.07, 6.45) is 3.22. The first-order chi connectivity index (χ1) is 11.1. The van der Waals surface area contributed by atoms with Crippen molar-refractivity contribution in [1.29, 1.82) is 0 Å². The molecule has 5 nitrogen and oxygen atoms in total. The maximum atomic E-state index is 12.5. The van der Waals surface area contributed by atoms with Crippen molar-refractivity contribution in [3.05, 3.63) is 65.5 Å². The van der Waals surface area contributed by atoms with E-state index >= 15 is 0 Å². The number of aromatic nitrogens is 1. The van der Waals surface area contributed by atoms with Crippen LogP contribution in [0.2, 0.25) is 0 Å². The Hall–Kier alpha value is -2.69. The van der Waals surface area contributed by atoms with Crippen LogP contribution in [0.1, 0.15) is 26.3 Å². The Bertz CT molecular complexity index is 707. The highest BCUT2D eigenvalue weighted by molar-refractivity contribution is 5.95. The van der Waals surface area contributed by atoms with Crippen molar-refractivity contribution in [3.63, 3.8) is 0 Å². The molecule has 0 aliphatic carbocycles. The molecule has 0 saturated carbocycles. The molecule has 23 heavy (non-hydrogen) atoms. The van der Waals surface area contributed by atoms with Gasteiger partial charge in [-0.15, -0.1) is 0 Å². The highest BCUT2D eigenvalue weighted by Gasteiger charge is 2.25. The molecule has 5 heteroatoms. The van der Waals surface area contributed by atoms with Gasteiger partial charge in [-0.1, -0.05) is 17.7 Å². The summed E-state index contributed by atoms with van der Waals surface area (Å²) >= 11 is 0. The normalized spacial score (nSPS) is 14.7. The van der Waals surface area contributed by atoms with E-state index in [1.807, 2.05) is 36.1 Å². The van der Waals surface area contributed by atoms with Gasteiger partial charge in [0.05, 0.1) is 5.56 Å². The van der Waals surface area contributed by atoms with E-state index < -0.39 is 0 Å². The van der Waals surface area contributed by atoms with Crippen molar-refractivity contribution in [2.45, 2.75) is 6.92 Å². The summed E-state index contributed by atoms with van der Waals surface area (Å²) in [6.45, 7) is 4.18. The SMILES string of the molecule is Cc1cccc(C(=O)N2CCN(C(=O)c3cccnc3)CC2)c1. The van der Waals surface area contributed by atoms with E-state index in [9.17, 15) is 9.59 Å². The standard InChI is InChI=1S/C18H19N3O2/c1-14-4-2-5-15(12-14)17(22)20-8-10-21(11-9-20)18(23)16-6-3-7-19-13-16/h2-7,12-13H,8-11H2,1H3. The van der Waals surface area contributed by atoms with Crippen LogP contribution in [0, 0.1) is 6.92 Å². The Morgan fingerprint density at radius 3 is 2.09 bits per heavy atom. The molecule has 2 amide bonds. The number of pyridine rings is 1. The summed E-state index contributed by atoms with van der Waals surface area (Å²) < 4.78 is 0. The Morgan fingerprint density at radius 2 is 1.52 bits per heavy atom. The summed E-state index contributed by atoms with van der Waals surface area (Å²) in [5.74, 6) is 0.00271. The number of rotatable bonds is 2. The largest absolute Gasteiger partial charge is 0.335 e. The lowest BCUT2D eigenvalue weighted by atomic mass is 10.1. The molecule has 0 bridgehead atoms. The number of carbonyl (C=O) groups excluding carboxylic acids is 2. The Balaban J connectivity index is 1.62. The highest BCUT2D eigenvalue weighted by atomic mass is 16.2. The molecule has 1 aromatic carbocycles. The minimum absolute atomic E-state index is 0.0271. The van der Waals surface area contributed by atoms with E-state index in [1.165, 1.54) is 0 Å². The lowest BCUT2D eigenvalue weighted by Crippen LogP contribution is -2.50. The molecule has 0 spiro atoms. The third-order valence-corrected chi connectivity index (χ3v) is 4.03. The molecule has 0 unspecified atom stereocenters. The van der Waals surface area contributed by atoms with E-state index in [2.05, 4.69) is 4.98 Å². The molecule has 2 heterocycles. The van der Waals surface area contributed by atoms with Crippen LogP contribution in [0.4, 0.5) is 0 Å². The van der Waals surface area contributed by atoms with Gasteiger partial charge in [0, 0.05) is 44.1 Å². The zero-order valence-corrected chi connectivity index (χ0v) is 13.1. The average molecular weight is 309 g/mol. The van der Waals surface area contributed by atoms with Crippen molar-refractivity contribution in [2.75, 3.05) is 26.2 Å². The van der Waals surface area contributed by atoms with Crippen LogP contribution in [0.25, 0.3) is 0 Å². The van der Waals surface area contributed by atoms with Gasteiger partial charge >= 0.3 is 0 Å². The van der Waals surface area contributed by atoms with Gasteiger partial charge in [-0.25, -0.2) is 0 Å². The maximum absolute atomic E-state index is 12.5. The first-order valence-electron chi connectivity index (χ1n) is 7.70. The number of aryl methyl sites for hydroxylation is 1. The predicted molar refractivity (Wildman–Crippen MR) is 87.2 cm³/mol. The number of nitrogens with zero attached hydrogens (tertiary/aromatic N) is 3. The van der Waals surface area contributed by atoms with E-state index in [0.717, 1.165) is 5.56 Å². The fourth-order valence-corrected chi connectivity index (χ4v) is 2.75. The van der Waals surface area contributed by atoms with Gasteiger partial charge in [-0.2, -0.15) is 0 Å². The van der Waals surface area contributed by atoms with Crippen molar-refractivity contribution in [1.82, 2.24) is 14.8 Å². The van der Waals surface area contributed by atoms with Crippen LogP contribution < -0.4 is 0 Å². The monoisotopic (exact) mass is 309 g/mol. The Morgan fingerprint density at radius 1 is 0.913 bits per heavy atom. The van der Waals surface area contributed by atoms with Gasteiger partial charge in [0.25, 0.3) is 11.8 Å². The molecular weight excluding hydrogens is 290 g/mol. The number of piperazine rings is 1. The number of hydrogen-bond donors (Lipinski definition) is 0. The molecule has 118 valence electrons. The number of amides is 2. The minimum Gasteiger partial charge on any atom is -0.335 e. The van der Waals surface area contributed by atoms with Gasteiger partial charge < -0.3 is 9.80 Å². The molecule has 2 aromatic rings. The van der Waals surface area contributed by atoms with Gasteiger partial charge in [0.15, 0.2) is 0 Å². The highest BCUT2D eigenvalue weighted by Crippen LogP contribution is 2.12. The molecule has 1 aliphatic heterocycles. The van der Waals surface area contributed by atoms with Crippen LogP contribution in [-0.2, 0) is 0 Å². The Labute approximate surface area is 135 Å². The fourth-order valence-electron chi connectivity index (χ4n) is 2.75. The second-order valence-electron chi connectivity index (χ2n) is 5.70. The molecule has 1 saturated heterocycles. The fraction of sp³-hybridized carbons (Fsp3) is 0.278. The zero-order chi connectivity index (χ0) is 16.2. The minimum atomic E-state index is -0.0271. The molecule has 1 aliphatic rings. The molecule has 1 aromatic heterocycles. The number of benzene rings is 1. The van der Waals surface area contributed by atoms with E-state index in [4.69, 9.17) is 0 Å². The smallest absolute Gasteiger partial charge is 0.255 e. The molecule has 0 atom stereocenters. The molecule has 0 radical (unpaired) electrons. The van der Waals surface area contributed by atoms with Crippen LogP contribution >= 0.6 is 0 Å². The summed E-state index contributed by atoms with van der Waals surface area (Å²) in [5.41, 5.74) is 2.37. The summed E-state index contributed by atoms with van der Waals surface area (Å²) in [4.78, 5) is 32.4. The summed E-state index contributed by atoms with van der Waals surface area (Å²) in [5, 5.41) is 0. The number of hydrogen-bond acceptors (Lipinski definition) is 3. The molecule has 3 rings (SSSR count). The third-order valence-electron chi connectivity index (χ3n) is 4.03. The topological polar surface area (TPSA) is 53.5 Å². The van der Waals surface area contributed by atoms with Crippen LogP contribution in [0.5, 0.6) is 0 Å². The van der Waals surface area contributed by atoms with Gasteiger partial charge in [0.1, 0.15) is 0 Å². The van der Waals surface area contributed by atoms with Gasteiger partial charge in [-0.05, 0) is 31.2 Å². The first kappa shape index (κ1) is 15.2. The summed E-state index contributed by atoms with van der Waals surface area (Å²) in [6, 6.07) is 11.1. The van der Waals surface area contributed by atoms with Crippen LogP contribution in [-0.4, -0.2) is 52.8 Å². The van der Waals surface area contributed by atoms with Crippen LogP contribution in [0.15, 0.2) is 48.8 Å². The lowest BCUT2D eigenvalue weighted by Gasteiger charge is -2.34. The van der Waals surface area contributed by atoms with E-state index in [-0.39, 0.29) is 11.8 Å². The van der Waals surface area contributed by atoms with Crippen molar-refractivity contribution >= 4 is 11.8 Å². The lowest BCUT2D eigenvalue weighted by molar-refractivity contribution is 0.0535. The summed E-state index contributed by atoms with van der Waals surface area (Å²) in [7, 11) is 0. The second-order valence-corrected chi connectivity index (χ2v) is 5.70. The zero-order valence-electron chi connectivity index (χ0n) is 13.1. The van der Waals surface area contributed by atoms with Crippen molar-refractivity contribution in [2.24, 2.45) is 0 Å². The molecule has 0 N–H and O–H groups in total. The maximum Gasteiger partial charge on any atom is 0.255 e. The van der Waals surface area contributed by atoms with Crippen molar-refractivity contribution in [3.8, 4) is 0 Å². The van der Waals surface area contributed by atoms with Crippen LogP contribution in [0.3, 0.4) is 0 Å². The van der Waals surface area contributed by atoms with Gasteiger partial charge in [0.2, 0.25) is 0 Å². The number of carbonyl (C=O) groups is 2. The second kappa shape index (κ2) is 6.60. The Kier molecular flexibility index (Phi) is 4.37. The van der Waals surface area contributed by atoms with E-state index in [1.54, 1.807) is 29.4 Å². The van der Waals surface area contributed by atoms with Crippen molar-refractivity contribution < 1.29 is 9.59 Å². The predicted octanol–water partition coefficient (Wildman–Crippen LogP) is 1.99. The molecular formula is C18H19N3O2. The average Bonchev–Trinajstić information content (AvgIpc) is 2.61. The van der Waals surface area contributed by atoms with Gasteiger partial charge in [-0.3, -0.25) is 14.6 Å². The first-order valence-corrected chi connectivity index (χ1v) is 7.70. The molecule has 1 fully saturated rings.